The summed E-state index contributed by atoms with van der Waals surface area (Å²) in [5, 5.41) is 4.02. The average molecular weight is 436 g/mol. The molecule has 0 spiro atoms. The van der Waals surface area contributed by atoms with Crippen LogP contribution in [0.4, 0.5) is 0 Å². The SMILES string of the molecule is CCN(CC)CCCNC(=S)OCc1ccc(CC(=O)ON2C(=O)CCC2=O)cc1. The number of imide groups is 1. The molecule has 1 aliphatic heterocycles. The highest BCUT2D eigenvalue weighted by Gasteiger charge is 2.32. The molecule has 1 fully saturated rings. The molecule has 164 valence electrons. The van der Waals surface area contributed by atoms with E-state index in [1.165, 1.54) is 0 Å². The van der Waals surface area contributed by atoms with E-state index in [9.17, 15) is 14.4 Å². The van der Waals surface area contributed by atoms with Crippen molar-refractivity contribution in [3.05, 3.63) is 35.4 Å². The molecule has 0 aliphatic carbocycles. The van der Waals surface area contributed by atoms with Gasteiger partial charge in [0.15, 0.2) is 0 Å². The number of nitrogens with zero attached hydrogens (tertiary/aromatic N) is 2. The first-order chi connectivity index (χ1) is 14.4. The fourth-order valence-corrected chi connectivity index (χ4v) is 3.11. The molecule has 1 aromatic carbocycles. The van der Waals surface area contributed by atoms with Crippen LogP contribution in [0, 0.1) is 0 Å². The Balaban J connectivity index is 1.67. The Morgan fingerprint density at radius 3 is 2.30 bits per heavy atom. The highest BCUT2D eigenvalue weighted by Crippen LogP contribution is 2.13. The smallest absolute Gasteiger partial charge is 0.337 e. The van der Waals surface area contributed by atoms with E-state index in [0.717, 1.165) is 38.2 Å². The Morgan fingerprint density at radius 1 is 1.10 bits per heavy atom. The van der Waals surface area contributed by atoms with Gasteiger partial charge in [-0.15, -0.1) is 5.06 Å². The first-order valence-electron chi connectivity index (χ1n) is 10.2. The second-order valence-corrected chi connectivity index (χ2v) is 7.29. The molecule has 0 atom stereocenters. The van der Waals surface area contributed by atoms with E-state index in [-0.39, 0.29) is 19.3 Å². The summed E-state index contributed by atoms with van der Waals surface area (Å²) < 4.78 is 5.55. The number of thiocarbonyl (C=S) groups is 1. The van der Waals surface area contributed by atoms with E-state index in [1.54, 1.807) is 12.1 Å². The number of ether oxygens (including phenoxy) is 1. The van der Waals surface area contributed by atoms with Crippen LogP contribution < -0.4 is 5.32 Å². The molecule has 8 nitrogen and oxygen atoms in total. The summed E-state index contributed by atoms with van der Waals surface area (Å²) in [6.45, 7) is 8.48. The minimum Gasteiger partial charge on any atom is -0.466 e. The summed E-state index contributed by atoms with van der Waals surface area (Å²) >= 11 is 5.19. The van der Waals surface area contributed by atoms with Crippen molar-refractivity contribution in [1.29, 1.82) is 0 Å². The van der Waals surface area contributed by atoms with E-state index in [2.05, 4.69) is 24.1 Å². The van der Waals surface area contributed by atoms with Gasteiger partial charge in [-0.2, -0.15) is 0 Å². The lowest BCUT2D eigenvalue weighted by molar-refractivity contribution is -0.197. The molecule has 0 saturated carbocycles. The number of carbonyl (C=O) groups is 3. The summed E-state index contributed by atoms with van der Waals surface area (Å²) in [4.78, 5) is 42.1. The van der Waals surface area contributed by atoms with Crippen LogP contribution in [0.15, 0.2) is 24.3 Å². The van der Waals surface area contributed by atoms with Gasteiger partial charge in [-0.1, -0.05) is 38.1 Å². The lowest BCUT2D eigenvalue weighted by atomic mass is 10.1. The van der Waals surface area contributed by atoms with E-state index in [0.29, 0.717) is 22.4 Å². The zero-order chi connectivity index (χ0) is 21.9. The van der Waals surface area contributed by atoms with Crippen molar-refractivity contribution < 1.29 is 24.0 Å². The standard InChI is InChI=1S/C21H29N3O5S/c1-3-23(4-2)13-5-12-22-21(30)28-15-17-8-6-16(7-9-17)14-20(27)29-24-18(25)10-11-19(24)26/h6-9H,3-5,10-15H2,1-2H3,(H,22,30). The van der Waals surface area contributed by atoms with E-state index >= 15 is 0 Å². The second kappa shape index (κ2) is 12.2. The zero-order valence-electron chi connectivity index (χ0n) is 17.5. The number of hydrogen-bond acceptors (Lipinski definition) is 7. The van der Waals surface area contributed by atoms with Crippen LogP contribution in [0.5, 0.6) is 0 Å². The van der Waals surface area contributed by atoms with Crippen LogP contribution >= 0.6 is 12.2 Å². The highest BCUT2D eigenvalue weighted by molar-refractivity contribution is 7.80. The van der Waals surface area contributed by atoms with E-state index < -0.39 is 17.8 Å². The van der Waals surface area contributed by atoms with Gasteiger partial charge >= 0.3 is 5.97 Å². The molecule has 9 heteroatoms. The third-order valence-corrected chi connectivity index (χ3v) is 5.02. The predicted octanol–water partition coefficient (Wildman–Crippen LogP) is 1.96. The van der Waals surface area contributed by atoms with Gasteiger partial charge in [0.25, 0.3) is 17.0 Å². The molecule has 1 heterocycles. The first kappa shape index (κ1) is 23.8. The quantitative estimate of drug-likeness (QED) is 0.321. The molecule has 0 bridgehead atoms. The predicted molar refractivity (Wildman–Crippen MR) is 115 cm³/mol. The van der Waals surface area contributed by atoms with Crippen molar-refractivity contribution in [2.45, 2.75) is 46.1 Å². The second-order valence-electron chi connectivity index (χ2n) is 6.92. The van der Waals surface area contributed by atoms with Gasteiger partial charge in [0.05, 0.1) is 6.42 Å². The van der Waals surface area contributed by atoms with Gasteiger partial charge in [0.2, 0.25) is 0 Å². The first-order valence-corrected chi connectivity index (χ1v) is 10.6. The largest absolute Gasteiger partial charge is 0.466 e. The molecule has 2 rings (SSSR count). The zero-order valence-corrected chi connectivity index (χ0v) is 18.3. The summed E-state index contributed by atoms with van der Waals surface area (Å²) in [6, 6.07) is 7.21. The molecular weight excluding hydrogens is 406 g/mol. The van der Waals surface area contributed by atoms with Gasteiger partial charge in [0, 0.05) is 19.4 Å². The Bertz CT molecular complexity index is 734. The molecule has 1 aliphatic rings. The van der Waals surface area contributed by atoms with Crippen LogP contribution in [-0.2, 0) is 37.0 Å². The molecule has 0 unspecified atom stereocenters. The van der Waals surface area contributed by atoms with Crippen LogP contribution in [0.2, 0.25) is 0 Å². The summed E-state index contributed by atoms with van der Waals surface area (Å²) in [6.07, 6.45) is 1.11. The summed E-state index contributed by atoms with van der Waals surface area (Å²) in [5.74, 6) is -1.63. The minimum atomic E-state index is -0.655. The molecule has 30 heavy (non-hydrogen) atoms. The number of rotatable bonds is 11. The van der Waals surface area contributed by atoms with E-state index in [4.69, 9.17) is 21.8 Å². The van der Waals surface area contributed by atoms with Crippen molar-refractivity contribution in [1.82, 2.24) is 15.3 Å². The van der Waals surface area contributed by atoms with Crippen LogP contribution in [-0.4, -0.2) is 59.1 Å². The molecule has 0 aromatic heterocycles. The van der Waals surface area contributed by atoms with Gasteiger partial charge < -0.3 is 19.8 Å². The number of nitrogens with one attached hydrogen (secondary N) is 1. The summed E-state index contributed by atoms with van der Waals surface area (Å²) in [7, 11) is 0. The van der Waals surface area contributed by atoms with Crippen molar-refractivity contribution >= 4 is 35.2 Å². The van der Waals surface area contributed by atoms with Gasteiger partial charge in [-0.05, 0) is 49.4 Å². The average Bonchev–Trinajstić information content (AvgIpc) is 3.05. The van der Waals surface area contributed by atoms with Crippen molar-refractivity contribution in [3.63, 3.8) is 0 Å². The number of amides is 2. The fraction of sp³-hybridized carbons (Fsp3) is 0.524. The van der Waals surface area contributed by atoms with E-state index in [1.807, 2.05) is 12.1 Å². The summed E-state index contributed by atoms with van der Waals surface area (Å²) in [5.41, 5.74) is 1.62. The van der Waals surface area contributed by atoms with Gasteiger partial charge in [-0.3, -0.25) is 9.59 Å². The molecule has 1 N–H and O–H groups in total. The minimum absolute atomic E-state index is 0.0370. The Kier molecular flexibility index (Phi) is 9.69. The number of hydrogen-bond donors (Lipinski definition) is 1. The lowest BCUT2D eigenvalue weighted by Gasteiger charge is -2.18. The fourth-order valence-electron chi connectivity index (χ4n) is 2.94. The lowest BCUT2D eigenvalue weighted by Crippen LogP contribution is -2.32. The van der Waals surface area contributed by atoms with Gasteiger partial charge in [0.1, 0.15) is 6.61 Å². The van der Waals surface area contributed by atoms with Crippen LogP contribution in [0.25, 0.3) is 0 Å². The third kappa shape index (κ3) is 7.72. The van der Waals surface area contributed by atoms with Crippen molar-refractivity contribution in [2.75, 3.05) is 26.2 Å². The maximum atomic E-state index is 11.9. The van der Waals surface area contributed by atoms with Crippen LogP contribution in [0.1, 0.15) is 44.2 Å². The topological polar surface area (TPSA) is 88.2 Å². The maximum absolute atomic E-state index is 11.9. The van der Waals surface area contributed by atoms with Crippen molar-refractivity contribution in [3.8, 4) is 0 Å². The monoisotopic (exact) mass is 435 g/mol. The number of carbonyl (C=O) groups excluding carboxylic acids is 3. The third-order valence-electron chi connectivity index (χ3n) is 4.76. The Hall–Kier alpha value is -2.52. The Morgan fingerprint density at radius 2 is 1.70 bits per heavy atom. The van der Waals surface area contributed by atoms with Crippen molar-refractivity contribution in [2.24, 2.45) is 0 Å². The molecular formula is C21H29N3O5S. The molecule has 0 radical (unpaired) electrons. The Labute approximate surface area is 182 Å². The maximum Gasteiger partial charge on any atom is 0.337 e. The van der Waals surface area contributed by atoms with Gasteiger partial charge in [-0.25, -0.2) is 4.79 Å². The number of hydroxylamine groups is 2. The molecule has 1 aromatic rings. The van der Waals surface area contributed by atoms with Crippen LogP contribution in [0.3, 0.4) is 0 Å². The molecule has 1 saturated heterocycles. The highest BCUT2D eigenvalue weighted by atomic mass is 32.1. The molecule has 2 amide bonds. The normalized spacial score (nSPS) is 13.6. The number of benzene rings is 1.